The average Bonchev–Trinajstić information content (AvgIpc) is 2.86. The molecule has 0 bridgehead atoms. The highest BCUT2D eigenvalue weighted by molar-refractivity contribution is 6.09. The Morgan fingerprint density at radius 2 is 1.82 bits per heavy atom. The fourth-order valence-electron chi connectivity index (χ4n) is 4.13. The van der Waals surface area contributed by atoms with Crippen LogP contribution in [0.2, 0.25) is 0 Å². The van der Waals surface area contributed by atoms with Crippen molar-refractivity contribution in [2.45, 2.75) is 71.8 Å². The number of imide groups is 1. The van der Waals surface area contributed by atoms with Crippen LogP contribution in [0, 0.1) is 11.3 Å². The number of hydrogen-bond donors (Lipinski definition) is 3. The van der Waals surface area contributed by atoms with Crippen molar-refractivity contribution in [2.75, 3.05) is 26.2 Å². The van der Waals surface area contributed by atoms with Crippen molar-refractivity contribution < 1.29 is 14.4 Å². The van der Waals surface area contributed by atoms with Crippen LogP contribution < -0.4 is 16.0 Å². The number of amides is 4. The van der Waals surface area contributed by atoms with Crippen molar-refractivity contribution in [3.05, 3.63) is 0 Å². The van der Waals surface area contributed by atoms with E-state index in [2.05, 4.69) is 43.6 Å². The van der Waals surface area contributed by atoms with E-state index >= 15 is 0 Å². The van der Waals surface area contributed by atoms with E-state index in [-0.39, 0.29) is 36.2 Å². The summed E-state index contributed by atoms with van der Waals surface area (Å²) < 4.78 is 0. The molecule has 1 aliphatic carbocycles. The summed E-state index contributed by atoms with van der Waals surface area (Å²) in [5.74, 6) is 0.0277. The third kappa shape index (κ3) is 5.60. The summed E-state index contributed by atoms with van der Waals surface area (Å²) in [6.07, 6.45) is 5.31. The fourth-order valence-corrected chi connectivity index (χ4v) is 4.13. The molecule has 0 aromatic carbocycles. The summed E-state index contributed by atoms with van der Waals surface area (Å²) in [6, 6.07) is -0.438. The summed E-state index contributed by atoms with van der Waals surface area (Å²) in [7, 11) is 0. The molecule has 1 saturated heterocycles. The predicted molar refractivity (Wildman–Crippen MR) is 112 cm³/mol. The molecule has 0 atom stereocenters. The number of hydrogen-bond acceptors (Lipinski definition) is 4. The molecule has 2 rings (SSSR count). The minimum atomic E-state index is -0.805. The van der Waals surface area contributed by atoms with Gasteiger partial charge in [-0.05, 0) is 50.0 Å². The Morgan fingerprint density at radius 1 is 1.18 bits per heavy atom. The Morgan fingerprint density at radius 3 is 2.39 bits per heavy atom. The zero-order valence-corrected chi connectivity index (χ0v) is 18.5. The second-order valence-electron chi connectivity index (χ2n) is 8.62. The summed E-state index contributed by atoms with van der Waals surface area (Å²) in [6.45, 7) is 10.7. The van der Waals surface area contributed by atoms with Gasteiger partial charge in [0.05, 0.1) is 0 Å². The first-order valence-electron chi connectivity index (χ1n) is 10.4. The first kappa shape index (κ1) is 24.7. The molecule has 1 spiro atoms. The van der Waals surface area contributed by atoms with Crippen molar-refractivity contribution in [3.63, 3.8) is 0 Å². The maximum absolute atomic E-state index is 12.9. The first-order valence-corrected chi connectivity index (χ1v) is 10.4. The Balaban J connectivity index is 0.00000392. The van der Waals surface area contributed by atoms with Gasteiger partial charge in [-0.2, -0.15) is 0 Å². The third-order valence-electron chi connectivity index (χ3n) is 6.45. The number of nitrogens with one attached hydrogen (secondary N) is 3. The zero-order valence-electron chi connectivity index (χ0n) is 17.7. The molecule has 0 unspecified atom stereocenters. The molecule has 0 aromatic heterocycles. The molecular formula is C20H37ClN4O3. The molecule has 28 heavy (non-hydrogen) atoms. The van der Waals surface area contributed by atoms with Gasteiger partial charge in [0.2, 0.25) is 5.91 Å². The lowest BCUT2D eigenvalue weighted by Crippen LogP contribution is -2.51. The highest BCUT2D eigenvalue weighted by Crippen LogP contribution is 2.45. The highest BCUT2D eigenvalue weighted by atomic mass is 35.5. The van der Waals surface area contributed by atoms with E-state index in [0.717, 1.165) is 37.1 Å². The van der Waals surface area contributed by atoms with Crippen LogP contribution in [0.5, 0.6) is 0 Å². The number of carbonyl (C=O) groups is 3. The molecule has 0 radical (unpaired) electrons. The van der Waals surface area contributed by atoms with Gasteiger partial charge < -0.3 is 16.0 Å². The van der Waals surface area contributed by atoms with Gasteiger partial charge >= 0.3 is 6.03 Å². The summed E-state index contributed by atoms with van der Waals surface area (Å²) in [5.41, 5.74) is -0.557. The normalized spacial score (nSPS) is 24.9. The van der Waals surface area contributed by atoms with Gasteiger partial charge in [0, 0.05) is 13.1 Å². The van der Waals surface area contributed by atoms with Gasteiger partial charge in [-0.15, -0.1) is 12.4 Å². The van der Waals surface area contributed by atoms with Crippen molar-refractivity contribution in [1.29, 1.82) is 0 Å². The Bertz CT molecular complexity index is 560. The SMILES string of the molecule is CCCNCCNC(=O)CN1C(=O)NC2(CCC(C(C)(C)CC)CC2)C1=O.Cl. The molecule has 1 saturated carbocycles. The number of urea groups is 1. The van der Waals surface area contributed by atoms with Crippen LogP contribution in [-0.4, -0.2) is 54.5 Å². The third-order valence-corrected chi connectivity index (χ3v) is 6.45. The maximum atomic E-state index is 12.9. The van der Waals surface area contributed by atoms with Crippen molar-refractivity contribution in [2.24, 2.45) is 11.3 Å². The van der Waals surface area contributed by atoms with Gasteiger partial charge in [0.1, 0.15) is 12.1 Å². The molecule has 3 N–H and O–H groups in total. The summed E-state index contributed by atoms with van der Waals surface area (Å²) in [4.78, 5) is 38.5. The quantitative estimate of drug-likeness (QED) is 0.397. The molecule has 2 aliphatic rings. The molecule has 1 aliphatic heterocycles. The predicted octanol–water partition coefficient (Wildman–Crippen LogP) is 2.44. The molecule has 1 heterocycles. The van der Waals surface area contributed by atoms with Gasteiger partial charge in [0.15, 0.2) is 0 Å². The maximum Gasteiger partial charge on any atom is 0.325 e. The molecule has 7 nitrogen and oxygen atoms in total. The molecule has 8 heteroatoms. The monoisotopic (exact) mass is 416 g/mol. The van der Waals surface area contributed by atoms with Crippen LogP contribution in [0.1, 0.15) is 66.2 Å². The van der Waals surface area contributed by atoms with E-state index < -0.39 is 11.6 Å². The van der Waals surface area contributed by atoms with Crippen LogP contribution in [-0.2, 0) is 9.59 Å². The number of rotatable bonds is 9. The van der Waals surface area contributed by atoms with Crippen LogP contribution >= 0.6 is 12.4 Å². The van der Waals surface area contributed by atoms with Gasteiger partial charge in [-0.3, -0.25) is 14.5 Å². The number of carbonyl (C=O) groups excluding carboxylic acids is 3. The van der Waals surface area contributed by atoms with Crippen LogP contribution in [0.15, 0.2) is 0 Å². The zero-order chi connectivity index (χ0) is 20.1. The molecular weight excluding hydrogens is 380 g/mol. The number of nitrogens with zero attached hydrogens (tertiary/aromatic N) is 1. The fraction of sp³-hybridized carbons (Fsp3) is 0.850. The van der Waals surface area contributed by atoms with Crippen LogP contribution in [0.25, 0.3) is 0 Å². The van der Waals surface area contributed by atoms with Crippen LogP contribution in [0.4, 0.5) is 4.79 Å². The minimum Gasteiger partial charge on any atom is -0.353 e. The number of halogens is 1. The summed E-state index contributed by atoms with van der Waals surface area (Å²) in [5, 5.41) is 8.85. The largest absolute Gasteiger partial charge is 0.353 e. The summed E-state index contributed by atoms with van der Waals surface area (Å²) >= 11 is 0. The second-order valence-corrected chi connectivity index (χ2v) is 8.62. The second kappa shape index (κ2) is 10.4. The lowest BCUT2D eigenvalue weighted by Gasteiger charge is -2.42. The first-order chi connectivity index (χ1) is 12.8. The van der Waals surface area contributed by atoms with E-state index in [1.54, 1.807) is 0 Å². The highest BCUT2D eigenvalue weighted by Gasteiger charge is 2.53. The molecule has 2 fully saturated rings. The molecule has 162 valence electrons. The Hall–Kier alpha value is -1.34. The lowest BCUT2D eigenvalue weighted by atomic mass is 9.65. The van der Waals surface area contributed by atoms with E-state index in [0.29, 0.717) is 31.8 Å². The topological polar surface area (TPSA) is 90.5 Å². The van der Waals surface area contributed by atoms with E-state index in [9.17, 15) is 14.4 Å². The standard InChI is InChI=1S/C20H36N4O3.ClH/c1-5-11-21-12-13-22-16(25)14-24-17(26)20(23-18(24)27)9-7-15(8-10-20)19(3,4)6-2;/h15,21H,5-14H2,1-4H3,(H,22,25)(H,23,27);1H. The van der Waals surface area contributed by atoms with Gasteiger partial charge in [-0.1, -0.05) is 34.1 Å². The van der Waals surface area contributed by atoms with Gasteiger partial charge in [0.25, 0.3) is 5.91 Å². The lowest BCUT2D eigenvalue weighted by molar-refractivity contribution is -0.136. The smallest absolute Gasteiger partial charge is 0.325 e. The Labute approximate surface area is 175 Å². The van der Waals surface area contributed by atoms with E-state index in [1.807, 2.05) is 0 Å². The van der Waals surface area contributed by atoms with Crippen molar-refractivity contribution in [1.82, 2.24) is 20.9 Å². The Kier molecular flexibility index (Phi) is 9.21. The molecule has 0 aromatic rings. The van der Waals surface area contributed by atoms with Gasteiger partial charge in [-0.25, -0.2) is 4.79 Å². The average molecular weight is 417 g/mol. The van der Waals surface area contributed by atoms with Crippen molar-refractivity contribution >= 4 is 30.3 Å². The van der Waals surface area contributed by atoms with E-state index in [4.69, 9.17) is 0 Å². The van der Waals surface area contributed by atoms with Crippen LogP contribution in [0.3, 0.4) is 0 Å². The van der Waals surface area contributed by atoms with Crippen molar-refractivity contribution in [3.8, 4) is 0 Å². The molecule has 4 amide bonds. The minimum absolute atomic E-state index is 0. The van der Waals surface area contributed by atoms with E-state index in [1.165, 1.54) is 0 Å².